The average Bonchev–Trinajstić information content (AvgIpc) is 2.97. The van der Waals surface area contributed by atoms with Gasteiger partial charge in [0.15, 0.2) is 5.69 Å². The molecule has 1 fully saturated rings. The van der Waals surface area contributed by atoms with Gasteiger partial charge in [-0.25, -0.2) is 13.2 Å². The van der Waals surface area contributed by atoms with Gasteiger partial charge in [-0.2, -0.15) is 5.10 Å². The molecule has 28 heavy (non-hydrogen) atoms. The highest BCUT2D eigenvalue weighted by Gasteiger charge is 2.32. The van der Waals surface area contributed by atoms with E-state index >= 15 is 0 Å². The van der Waals surface area contributed by atoms with Crippen molar-refractivity contribution in [1.82, 2.24) is 9.78 Å². The first-order valence-electron chi connectivity index (χ1n) is 8.84. The summed E-state index contributed by atoms with van der Waals surface area (Å²) >= 11 is 5.83. The molecule has 0 bridgehead atoms. The van der Waals surface area contributed by atoms with Gasteiger partial charge in [-0.3, -0.25) is 9.40 Å². The molecule has 0 aliphatic heterocycles. The van der Waals surface area contributed by atoms with Crippen LogP contribution < -0.4 is 4.72 Å². The molecule has 1 aliphatic rings. The summed E-state index contributed by atoms with van der Waals surface area (Å²) in [5, 5.41) is 14.4. The van der Waals surface area contributed by atoms with Gasteiger partial charge in [-0.05, 0) is 49.9 Å². The lowest BCUT2D eigenvalue weighted by Gasteiger charge is -2.27. The number of sulfonamides is 1. The molecule has 1 aromatic heterocycles. The fourth-order valence-electron chi connectivity index (χ4n) is 3.56. The Morgan fingerprint density at radius 1 is 1.25 bits per heavy atom. The van der Waals surface area contributed by atoms with Gasteiger partial charge in [0.25, 0.3) is 10.0 Å². The van der Waals surface area contributed by atoms with Crippen LogP contribution in [0.1, 0.15) is 47.8 Å². The van der Waals surface area contributed by atoms with Crippen molar-refractivity contribution in [2.45, 2.75) is 42.6 Å². The number of hydrogen-bond acceptors (Lipinski definition) is 5. The number of hydrogen-bond donors (Lipinski definition) is 2. The number of carboxylic acid groups (broad SMARTS) is 1. The molecule has 1 heterocycles. The molecular weight excluding hydrogens is 406 g/mol. The van der Waals surface area contributed by atoms with Crippen LogP contribution in [0.15, 0.2) is 29.2 Å². The van der Waals surface area contributed by atoms with Crippen LogP contribution in [0.4, 0.5) is 5.69 Å². The van der Waals surface area contributed by atoms with Crippen LogP contribution in [-0.4, -0.2) is 42.5 Å². The van der Waals surface area contributed by atoms with Crippen LogP contribution in [-0.2, 0) is 21.8 Å². The van der Waals surface area contributed by atoms with Gasteiger partial charge in [0.2, 0.25) is 0 Å². The van der Waals surface area contributed by atoms with Gasteiger partial charge in [-0.1, -0.05) is 11.6 Å². The standard InChI is InChI=1S/C18H22ClN3O5S/c1-22-17(18(23)24)16(15(20-22)11-3-7-13(27-2)8-4-11)21-28(25,26)14-9-5-12(19)6-10-14/h5-6,9-11,13,21H,3-4,7-8H2,1-2H3,(H,23,24)/t11-,13+. The van der Waals surface area contributed by atoms with Crippen LogP contribution in [0.5, 0.6) is 0 Å². The Morgan fingerprint density at radius 3 is 2.39 bits per heavy atom. The highest BCUT2D eigenvalue weighted by atomic mass is 35.5. The first-order valence-corrected chi connectivity index (χ1v) is 10.7. The smallest absolute Gasteiger partial charge is 0.356 e. The third-order valence-electron chi connectivity index (χ3n) is 5.03. The summed E-state index contributed by atoms with van der Waals surface area (Å²) in [6.07, 6.45) is 3.26. The Bertz CT molecular complexity index is 964. The van der Waals surface area contributed by atoms with Crippen molar-refractivity contribution >= 4 is 33.3 Å². The zero-order valence-corrected chi connectivity index (χ0v) is 17.1. The number of methoxy groups -OCH3 is 1. The zero-order valence-electron chi connectivity index (χ0n) is 15.6. The molecule has 1 aliphatic carbocycles. The van der Waals surface area contributed by atoms with Crippen molar-refractivity contribution in [3.63, 3.8) is 0 Å². The molecule has 3 rings (SSSR count). The highest BCUT2D eigenvalue weighted by molar-refractivity contribution is 7.92. The van der Waals surface area contributed by atoms with Crippen molar-refractivity contribution in [1.29, 1.82) is 0 Å². The van der Waals surface area contributed by atoms with E-state index in [4.69, 9.17) is 16.3 Å². The summed E-state index contributed by atoms with van der Waals surface area (Å²) in [5.41, 5.74) is 0.277. The molecule has 10 heteroatoms. The molecular formula is C18H22ClN3O5S. The largest absolute Gasteiger partial charge is 0.476 e. The van der Waals surface area contributed by atoms with E-state index in [1.54, 1.807) is 7.11 Å². The van der Waals surface area contributed by atoms with E-state index in [-0.39, 0.29) is 28.3 Å². The van der Waals surface area contributed by atoms with E-state index in [0.29, 0.717) is 10.7 Å². The van der Waals surface area contributed by atoms with Crippen molar-refractivity contribution in [2.24, 2.45) is 7.05 Å². The fraction of sp³-hybridized carbons (Fsp3) is 0.444. The van der Waals surface area contributed by atoms with Gasteiger partial charge in [-0.15, -0.1) is 0 Å². The number of aryl methyl sites for hydroxylation is 1. The number of carboxylic acids is 1. The van der Waals surface area contributed by atoms with E-state index in [2.05, 4.69) is 9.82 Å². The number of aromatic carboxylic acids is 1. The predicted octanol–water partition coefficient (Wildman–Crippen LogP) is 3.25. The van der Waals surface area contributed by atoms with Gasteiger partial charge in [0.1, 0.15) is 5.69 Å². The molecule has 8 nitrogen and oxygen atoms in total. The molecule has 0 saturated heterocycles. The maximum absolute atomic E-state index is 12.8. The van der Waals surface area contributed by atoms with Crippen molar-refractivity contribution in [3.05, 3.63) is 40.7 Å². The fourth-order valence-corrected chi connectivity index (χ4v) is 4.76. The predicted molar refractivity (Wildman–Crippen MR) is 104 cm³/mol. The summed E-state index contributed by atoms with van der Waals surface area (Å²) in [6.45, 7) is 0. The quantitative estimate of drug-likeness (QED) is 0.732. The number of aromatic nitrogens is 2. The topological polar surface area (TPSA) is 111 Å². The number of nitrogens with zero attached hydrogens (tertiary/aromatic N) is 2. The summed E-state index contributed by atoms with van der Waals surface area (Å²) < 4.78 is 34.7. The number of halogens is 1. The third-order valence-corrected chi connectivity index (χ3v) is 6.65. The number of nitrogens with one attached hydrogen (secondary N) is 1. The van der Waals surface area contributed by atoms with Crippen LogP contribution >= 0.6 is 11.6 Å². The third kappa shape index (κ3) is 4.16. The Balaban J connectivity index is 1.99. The maximum Gasteiger partial charge on any atom is 0.356 e. The number of benzene rings is 1. The lowest BCUT2D eigenvalue weighted by molar-refractivity contribution is 0.0655. The Kier molecular flexibility index (Phi) is 5.97. The van der Waals surface area contributed by atoms with Crippen molar-refractivity contribution in [3.8, 4) is 0 Å². The number of anilines is 1. The van der Waals surface area contributed by atoms with E-state index < -0.39 is 16.0 Å². The van der Waals surface area contributed by atoms with Crippen LogP contribution in [0.2, 0.25) is 5.02 Å². The molecule has 1 aromatic carbocycles. The van der Waals surface area contributed by atoms with E-state index in [0.717, 1.165) is 25.7 Å². The number of ether oxygens (including phenoxy) is 1. The number of carbonyl (C=O) groups is 1. The van der Waals surface area contributed by atoms with E-state index in [1.807, 2.05) is 0 Å². The SMILES string of the molecule is CO[C@H]1CC[C@@H](c2nn(C)c(C(=O)O)c2NS(=O)(=O)c2ccc(Cl)cc2)CC1. The molecule has 2 aromatic rings. The monoisotopic (exact) mass is 427 g/mol. The lowest BCUT2D eigenvalue weighted by atomic mass is 9.84. The zero-order chi connectivity index (χ0) is 20.5. The van der Waals surface area contributed by atoms with E-state index in [9.17, 15) is 18.3 Å². The molecule has 0 unspecified atom stereocenters. The molecule has 0 spiro atoms. The molecule has 152 valence electrons. The second kappa shape index (κ2) is 8.10. The minimum absolute atomic E-state index is 0.00821. The minimum Gasteiger partial charge on any atom is -0.476 e. The van der Waals surface area contributed by atoms with Crippen LogP contribution in [0, 0.1) is 0 Å². The summed E-state index contributed by atoms with van der Waals surface area (Å²) in [5.74, 6) is -1.30. The van der Waals surface area contributed by atoms with Crippen LogP contribution in [0.25, 0.3) is 0 Å². The maximum atomic E-state index is 12.8. The second-order valence-corrected chi connectivity index (χ2v) is 8.93. The van der Waals surface area contributed by atoms with Crippen molar-refractivity contribution < 1.29 is 23.1 Å². The summed E-state index contributed by atoms with van der Waals surface area (Å²) in [4.78, 5) is 11.8. The second-order valence-electron chi connectivity index (χ2n) is 6.81. The summed E-state index contributed by atoms with van der Waals surface area (Å²) in [7, 11) is -0.839. The van der Waals surface area contributed by atoms with Crippen LogP contribution in [0.3, 0.4) is 0 Å². The van der Waals surface area contributed by atoms with Gasteiger partial charge in [0.05, 0.1) is 16.7 Å². The molecule has 0 radical (unpaired) electrons. The Morgan fingerprint density at radius 2 is 1.86 bits per heavy atom. The van der Waals surface area contributed by atoms with Gasteiger partial charge >= 0.3 is 5.97 Å². The summed E-state index contributed by atoms with van der Waals surface area (Å²) in [6, 6.07) is 5.66. The lowest BCUT2D eigenvalue weighted by Crippen LogP contribution is -2.21. The molecule has 0 amide bonds. The molecule has 1 saturated carbocycles. The Labute approximate surface area is 168 Å². The van der Waals surface area contributed by atoms with E-state index in [1.165, 1.54) is 36.0 Å². The first-order chi connectivity index (χ1) is 13.2. The first kappa shape index (κ1) is 20.6. The minimum atomic E-state index is -4.00. The van der Waals surface area contributed by atoms with Gasteiger partial charge in [0, 0.05) is 25.1 Å². The highest BCUT2D eigenvalue weighted by Crippen LogP contribution is 2.38. The molecule has 0 atom stereocenters. The van der Waals surface area contributed by atoms with Gasteiger partial charge < -0.3 is 9.84 Å². The normalized spacial score (nSPS) is 20.1. The Hall–Kier alpha value is -2.10. The van der Waals surface area contributed by atoms with Crippen molar-refractivity contribution in [2.75, 3.05) is 11.8 Å². The number of rotatable bonds is 6. The molecule has 2 N–H and O–H groups in total. The average molecular weight is 428 g/mol.